The number of hydrogen-bond donors (Lipinski definition) is 2. The lowest BCUT2D eigenvalue weighted by atomic mass is 10.2. The van der Waals surface area contributed by atoms with Crippen LogP contribution in [0.25, 0.3) is 0 Å². The van der Waals surface area contributed by atoms with Gasteiger partial charge in [-0.05, 0) is 37.1 Å². The van der Waals surface area contributed by atoms with Crippen LogP contribution in [0.15, 0.2) is 36.4 Å². The van der Waals surface area contributed by atoms with E-state index in [1.54, 1.807) is 36.4 Å². The molecule has 0 fully saturated rings. The molecule has 0 atom stereocenters. The number of rotatable bonds is 4. The van der Waals surface area contributed by atoms with Crippen molar-refractivity contribution in [1.82, 2.24) is 0 Å². The van der Waals surface area contributed by atoms with Crippen LogP contribution >= 0.6 is 8.25 Å². The largest absolute Gasteiger partial charge is 0.418 e. The number of anilines is 2. The maximum absolute atomic E-state index is 11.8. The molecule has 0 aliphatic rings. The number of benzene rings is 2. The highest BCUT2D eigenvalue weighted by Crippen LogP contribution is 2.33. The highest BCUT2D eigenvalue weighted by atomic mass is 31.1. The Labute approximate surface area is 118 Å². The molecule has 0 aromatic heterocycles. The number of hydrogen-bond acceptors (Lipinski definition) is 5. The standard InChI is InChI=1S/C14H17N2O3P/c1-9-3-5-11(7-13(9)15)18-20(17)19-12-6-4-10(2)14(16)8-12/h3-8,20H,15-16H2,1-2H3. The lowest BCUT2D eigenvalue weighted by molar-refractivity contribution is 0.416. The fraction of sp³-hybridized carbons (Fsp3) is 0.143. The summed E-state index contributed by atoms with van der Waals surface area (Å²) in [6.45, 7) is 3.77. The molecule has 20 heavy (non-hydrogen) atoms. The minimum atomic E-state index is -2.71. The van der Waals surface area contributed by atoms with E-state index in [1.165, 1.54) is 0 Å². The summed E-state index contributed by atoms with van der Waals surface area (Å²) in [4.78, 5) is 0. The van der Waals surface area contributed by atoms with Crippen molar-refractivity contribution in [3.8, 4) is 11.5 Å². The molecular weight excluding hydrogens is 275 g/mol. The maximum Gasteiger partial charge on any atom is 0.418 e. The topological polar surface area (TPSA) is 87.6 Å². The molecule has 6 heteroatoms. The van der Waals surface area contributed by atoms with E-state index >= 15 is 0 Å². The third-order valence-electron chi connectivity index (χ3n) is 2.90. The summed E-state index contributed by atoms with van der Waals surface area (Å²) < 4.78 is 22.3. The molecule has 0 heterocycles. The van der Waals surface area contributed by atoms with Gasteiger partial charge in [0.2, 0.25) is 0 Å². The van der Waals surface area contributed by atoms with E-state index in [2.05, 4.69) is 0 Å². The first-order valence-corrected chi connectivity index (χ1v) is 7.30. The molecule has 0 unspecified atom stereocenters. The van der Waals surface area contributed by atoms with Crippen LogP contribution in [0.4, 0.5) is 11.4 Å². The predicted octanol–water partition coefficient (Wildman–Crippen LogP) is 3.32. The average molecular weight is 292 g/mol. The highest BCUT2D eigenvalue weighted by molar-refractivity contribution is 7.34. The van der Waals surface area contributed by atoms with Crippen LogP contribution in [0.1, 0.15) is 11.1 Å². The van der Waals surface area contributed by atoms with Crippen LogP contribution in [0, 0.1) is 13.8 Å². The lowest BCUT2D eigenvalue weighted by Crippen LogP contribution is -1.94. The minimum Gasteiger partial charge on any atom is -0.418 e. The van der Waals surface area contributed by atoms with Crippen molar-refractivity contribution in [1.29, 1.82) is 0 Å². The van der Waals surface area contributed by atoms with E-state index in [0.29, 0.717) is 22.9 Å². The van der Waals surface area contributed by atoms with E-state index in [9.17, 15) is 4.57 Å². The first-order chi connectivity index (χ1) is 9.45. The first kappa shape index (κ1) is 14.3. The van der Waals surface area contributed by atoms with Crippen LogP contribution in [0.5, 0.6) is 11.5 Å². The Bertz CT molecular complexity index is 603. The molecule has 2 aromatic carbocycles. The quantitative estimate of drug-likeness (QED) is 0.666. The Morgan fingerprint density at radius 1 is 0.850 bits per heavy atom. The number of nitrogens with two attached hydrogens (primary N) is 2. The summed E-state index contributed by atoms with van der Waals surface area (Å²) in [5, 5.41) is 0. The van der Waals surface area contributed by atoms with Crippen LogP contribution in [0.3, 0.4) is 0 Å². The summed E-state index contributed by atoms with van der Waals surface area (Å²) in [6.07, 6.45) is 0. The van der Waals surface area contributed by atoms with Crippen LogP contribution in [-0.2, 0) is 4.57 Å². The molecule has 5 nitrogen and oxygen atoms in total. The van der Waals surface area contributed by atoms with Crippen molar-refractivity contribution in [2.45, 2.75) is 13.8 Å². The number of nitrogen functional groups attached to an aromatic ring is 2. The molecule has 0 bridgehead atoms. The Kier molecular flexibility index (Phi) is 4.20. The maximum atomic E-state index is 11.8. The van der Waals surface area contributed by atoms with Gasteiger partial charge in [-0.15, -0.1) is 0 Å². The van der Waals surface area contributed by atoms with Gasteiger partial charge in [0.25, 0.3) is 0 Å². The second-order valence-electron chi connectivity index (χ2n) is 4.49. The smallest absolute Gasteiger partial charge is 0.418 e. The first-order valence-electron chi connectivity index (χ1n) is 6.07. The molecule has 2 aromatic rings. The Hall–Kier alpha value is -2.13. The second kappa shape index (κ2) is 5.88. The van der Waals surface area contributed by atoms with Gasteiger partial charge in [0.05, 0.1) is 0 Å². The molecule has 4 N–H and O–H groups in total. The van der Waals surface area contributed by atoms with Gasteiger partial charge in [-0.25, -0.2) is 4.57 Å². The minimum absolute atomic E-state index is 0.414. The zero-order chi connectivity index (χ0) is 14.7. The van der Waals surface area contributed by atoms with Gasteiger partial charge in [0.15, 0.2) is 0 Å². The Morgan fingerprint density at radius 3 is 1.60 bits per heavy atom. The third kappa shape index (κ3) is 3.45. The summed E-state index contributed by atoms with van der Waals surface area (Å²) in [6, 6.07) is 10.2. The zero-order valence-corrected chi connectivity index (χ0v) is 12.3. The van der Waals surface area contributed by atoms with Crippen molar-refractivity contribution in [2.75, 3.05) is 11.5 Å². The van der Waals surface area contributed by atoms with Crippen molar-refractivity contribution in [2.24, 2.45) is 0 Å². The second-order valence-corrected chi connectivity index (χ2v) is 5.40. The summed E-state index contributed by atoms with van der Waals surface area (Å²) in [7, 11) is -2.71. The molecule has 0 spiro atoms. The van der Waals surface area contributed by atoms with Crippen LogP contribution in [-0.4, -0.2) is 0 Å². The normalized spacial score (nSPS) is 10.6. The molecule has 2 rings (SSSR count). The van der Waals surface area contributed by atoms with E-state index < -0.39 is 8.25 Å². The molecule has 0 radical (unpaired) electrons. The monoisotopic (exact) mass is 292 g/mol. The van der Waals surface area contributed by atoms with E-state index in [4.69, 9.17) is 20.5 Å². The summed E-state index contributed by atoms with van der Waals surface area (Å²) in [5.41, 5.74) is 14.5. The van der Waals surface area contributed by atoms with Crippen molar-refractivity contribution >= 4 is 19.6 Å². The molecule has 106 valence electrons. The van der Waals surface area contributed by atoms with Gasteiger partial charge >= 0.3 is 8.25 Å². The molecule has 0 saturated heterocycles. The molecule has 0 aliphatic heterocycles. The fourth-order valence-electron chi connectivity index (χ4n) is 1.58. The predicted molar refractivity (Wildman–Crippen MR) is 81.4 cm³/mol. The van der Waals surface area contributed by atoms with Gasteiger partial charge in [-0.2, -0.15) is 0 Å². The highest BCUT2D eigenvalue weighted by Gasteiger charge is 2.06. The van der Waals surface area contributed by atoms with Gasteiger partial charge in [-0.3, -0.25) is 0 Å². The van der Waals surface area contributed by atoms with Crippen LogP contribution < -0.4 is 20.5 Å². The zero-order valence-electron chi connectivity index (χ0n) is 11.3. The summed E-state index contributed by atoms with van der Waals surface area (Å²) >= 11 is 0. The van der Waals surface area contributed by atoms with Gasteiger partial charge in [0, 0.05) is 23.5 Å². The van der Waals surface area contributed by atoms with Crippen LogP contribution in [0.2, 0.25) is 0 Å². The fourth-order valence-corrected chi connectivity index (χ4v) is 2.26. The molecule has 0 aliphatic carbocycles. The third-order valence-corrected chi connectivity index (χ3v) is 3.71. The van der Waals surface area contributed by atoms with Gasteiger partial charge in [-0.1, -0.05) is 12.1 Å². The van der Waals surface area contributed by atoms with E-state index in [1.807, 2.05) is 13.8 Å². The van der Waals surface area contributed by atoms with Crippen molar-refractivity contribution < 1.29 is 13.6 Å². The Morgan fingerprint density at radius 2 is 1.25 bits per heavy atom. The van der Waals surface area contributed by atoms with E-state index in [-0.39, 0.29) is 0 Å². The molecular formula is C14H17N2O3P. The van der Waals surface area contributed by atoms with Gasteiger partial charge in [0.1, 0.15) is 11.5 Å². The average Bonchev–Trinajstić information content (AvgIpc) is 2.38. The van der Waals surface area contributed by atoms with E-state index in [0.717, 1.165) is 11.1 Å². The number of aryl methyl sites for hydroxylation is 2. The van der Waals surface area contributed by atoms with Crippen molar-refractivity contribution in [3.05, 3.63) is 47.5 Å². The molecule has 0 saturated carbocycles. The Balaban J connectivity index is 2.04. The molecule has 0 amide bonds. The van der Waals surface area contributed by atoms with Crippen molar-refractivity contribution in [3.63, 3.8) is 0 Å². The SMILES string of the molecule is Cc1ccc(O[PH](=O)Oc2ccc(C)c(N)c2)cc1N. The lowest BCUT2D eigenvalue weighted by Gasteiger charge is -2.10. The van der Waals surface area contributed by atoms with Gasteiger partial charge < -0.3 is 20.5 Å². The summed E-state index contributed by atoms with van der Waals surface area (Å²) in [5.74, 6) is 0.828.